The highest BCUT2D eigenvalue weighted by molar-refractivity contribution is 7.89. The van der Waals surface area contributed by atoms with Crippen molar-refractivity contribution in [3.05, 3.63) is 53.8 Å². The molecule has 1 N–H and O–H groups in total. The Balaban J connectivity index is 1.66. The van der Waals surface area contributed by atoms with Gasteiger partial charge >= 0.3 is 0 Å². The van der Waals surface area contributed by atoms with E-state index in [4.69, 9.17) is 9.47 Å². The molecule has 1 saturated heterocycles. The fourth-order valence-electron chi connectivity index (χ4n) is 3.93. The molecule has 1 amide bonds. The van der Waals surface area contributed by atoms with E-state index in [9.17, 15) is 17.6 Å². The average molecular weight is 494 g/mol. The lowest BCUT2D eigenvalue weighted by molar-refractivity contribution is -0.135. The molecule has 1 aliphatic rings. The molecule has 0 saturated carbocycles. The van der Waals surface area contributed by atoms with Gasteiger partial charge in [-0.25, -0.2) is 12.8 Å². The predicted octanol–water partition coefficient (Wildman–Crippen LogP) is 2.49. The first-order chi connectivity index (χ1) is 16.2. The highest BCUT2D eigenvalue weighted by Gasteiger charge is 2.34. The van der Waals surface area contributed by atoms with Gasteiger partial charge in [0.1, 0.15) is 28.3 Å². The van der Waals surface area contributed by atoms with Crippen LogP contribution in [0.1, 0.15) is 19.4 Å². The molecule has 34 heavy (non-hydrogen) atoms. The van der Waals surface area contributed by atoms with Crippen LogP contribution in [0, 0.1) is 11.7 Å². The number of carbonyl (C=O) groups excluding carboxylic acids is 1. The van der Waals surface area contributed by atoms with E-state index >= 15 is 0 Å². The lowest BCUT2D eigenvalue weighted by Gasteiger charge is -2.37. The maximum atomic E-state index is 14.1. The van der Waals surface area contributed by atoms with Gasteiger partial charge in [0, 0.05) is 38.3 Å². The van der Waals surface area contributed by atoms with E-state index in [0.29, 0.717) is 32.7 Å². The quantitative estimate of drug-likeness (QED) is 0.578. The van der Waals surface area contributed by atoms with Gasteiger partial charge in [-0.05, 0) is 36.2 Å². The van der Waals surface area contributed by atoms with Crippen molar-refractivity contribution in [2.75, 3.05) is 40.4 Å². The number of methoxy groups -OCH3 is 2. The van der Waals surface area contributed by atoms with Crippen molar-refractivity contribution < 1.29 is 27.1 Å². The van der Waals surface area contributed by atoms with Gasteiger partial charge in [-0.1, -0.05) is 26.0 Å². The number of nitrogens with zero attached hydrogens (tertiary/aromatic N) is 2. The summed E-state index contributed by atoms with van der Waals surface area (Å²) in [6.07, 6.45) is 0. The Bertz CT molecular complexity index is 1100. The molecule has 186 valence electrons. The summed E-state index contributed by atoms with van der Waals surface area (Å²) in [5.74, 6) is 0.0291. The van der Waals surface area contributed by atoms with Gasteiger partial charge in [0.05, 0.1) is 14.2 Å². The zero-order valence-electron chi connectivity index (χ0n) is 20.0. The van der Waals surface area contributed by atoms with Crippen molar-refractivity contribution >= 4 is 15.9 Å². The van der Waals surface area contributed by atoms with Crippen LogP contribution in [0.25, 0.3) is 0 Å². The summed E-state index contributed by atoms with van der Waals surface area (Å²) in [5.41, 5.74) is 0.985. The average Bonchev–Trinajstić information content (AvgIpc) is 2.82. The lowest BCUT2D eigenvalue weighted by Crippen LogP contribution is -2.56. The summed E-state index contributed by atoms with van der Waals surface area (Å²) in [4.78, 5) is 16.6. The molecule has 1 atom stereocenters. The fourth-order valence-corrected chi connectivity index (χ4v) is 5.35. The minimum atomic E-state index is -4.19. The van der Waals surface area contributed by atoms with Crippen molar-refractivity contribution in [2.24, 2.45) is 5.92 Å². The molecule has 0 aromatic heterocycles. The second kappa shape index (κ2) is 11.2. The number of rotatable bonds is 9. The molecule has 0 spiro atoms. The van der Waals surface area contributed by atoms with Crippen molar-refractivity contribution in [3.8, 4) is 11.5 Å². The number of sulfonamides is 1. The third-order valence-corrected chi connectivity index (χ3v) is 7.38. The zero-order valence-corrected chi connectivity index (χ0v) is 20.8. The normalized spacial score (nSPS) is 15.9. The van der Waals surface area contributed by atoms with Gasteiger partial charge in [-0.2, -0.15) is 4.72 Å². The molecule has 0 radical (unpaired) electrons. The maximum Gasteiger partial charge on any atom is 0.244 e. The van der Waals surface area contributed by atoms with Crippen LogP contribution in [0.4, 0.5) is 4.39 Å². The highest BCUT2D eigenvalue weighted by Crippen LogP contribution is 2.26. The van der Waals surface area contributed by atoms with Crippen LogP contribution in [0.5, 0.6) is 11.5 Å². The van der Waals surface area contributed by atoms with Crippen LogP contribution in [0.2, 0.25) is 0 Å². The Hall–Kier alpha value is -2.69. The van der Waals surface area contributed by atoms with Gasteiger partial charge in [0.2, 0.25) is 15.9 Å². The Labute approximate surface area is 200 Å². The Morgan fingerprint density at radius 3 is 2.32 bits per heavy atom. The SMILES string of the molecule is COc1ccc(OC)c(CN2CCN(C(=O)[C@@H](NS(=O)(=O)c3ccccc3F)C(C)C)CC2)c1. The molecule has 0 aliphatic carbocycles. The van der Waals surface area contributed by atoms with Gasteiger partial charge in [0.25, 0.3) is 0 Å². The number of nitrogens with one attached hydrogen (secondary N) is 1. The number of ether oxygens (including phenoxy) is 2. The van der Waals surface area contributed by atoms with Crippen LogP contribution in [-0.4, -0.2) is 70.6 Å². The van der Waals surface area contributed by atoms with Gasteiger partial charge in [0.15, 0.2) is 0 Å². The Morgan fingerprint density at radius 1 is 1.06 bits per heavy atom. The molecule has 2 aromatic carbocycles. The molecule has 0 unspecified atom stereocenters. The third-order valence-electron chi connectivity index (χ3n) is 5.91. The van der Waals surface area contributed by atoms with Crippen molar-refractivity contribution in [2.45, 2.75) is 31.3 Å². The molecule has 3 rings (SSSR count). The molecule has 8 nitrogen and oxygen atoms in total. The summed E-state index contributed by atoms with van der Waals surface area (Å²) in [5, 5.41) is 0. The van der Waals surface area contributed by atoms with Crippen molar-refractivity contribution in [1.29, 1.82) is 0 Å². The largest absolute Gasteiger partial charge is 0.497 e. The summed E-state index contributed by atoms with van der Waals surface area (Å²) >= 11 is 0. The lowest BCUT2D eigenvalue weighted by atomic mass is 10.0. The molecule has 2 aromatic rings. The van der Waals surface area contributed by atoms with Gasteiger partial charge in [-0.15, -0.1) is 0 Å². The van der Waals surface area contributed by atoms with E-state index in [2.05, 4.69) is 9.62 Å². The van der Waals surface area contributed by atoms with E-state index in [-0.39, 0.29) is 11.8 Å². The summed E-state index contributed by atoms with van der Waals surface area (Å²) < 4.78 is 52.8. The molecular weight excluding hydrogens is 461 g/mol. The van der Waals surface area contributed by atoms with Gasteiger partial charge < -0.3 is 14.4 Å². The van der Waals surface area contributed by atoms with E-state index in [1.165, 1.54) is 18.2 Å². The first kappa shape index (κ1) is 25.9. The van der Waals surface area contributed by atoms with Crippen LogP contribution >= 0.6 is 0 Å². The van der Waals surface area contributed by atoms with Crippen LogP contribution in [-0.2, 0) is 21.4 Å². The third kappa shape index (κ3) is 6.05. The van der Waals surface area contributed by atoms with Crippen LogP contribution in [0.3, 0.4) is 0 Å². The zero-order chi connectivity index (χ0) is 24.9. The van der Waals surface area contributed by atoms with Crippen LogP contribution in [0.15, 0.2) is 47.4 Å². The number of carbonyl (C=O) groups is 1. The van der Waals surface area contributed by atoms with Crippen molar-refractivity contribution in [1.82, 2.24) is 14.5 Å². The van der Waals surface area contributed by atoms with Crippen LogP contribution < -0.4 is 14.2 Å². The monoisotopic (exact) mass is 493 g/mol. The topological polar surface area (TPSA) is 88.2 Å². The van der Waals surface area contributed by atoms with Gasteiger partial charge in [-0.3, -0.25) is 9.69 Å². The van der Waals surface area contributed by atoms with E-state index < -0.39 is 26.8 Å². The summed E-state index contributed by atoms with van der Waals surface area (Å²) in [6, 6.07) is 9.77. The Kier molecular flexibility index (Phi) is 8.51. The van der Waals surface area contributed by atoms with Crippen molar-refractivity contribution in [3.63, 3.8) is 0 Å². The number of hydrogen-bond acceptors (Lipinski definition) is 6. The summed E-state index contributed by atoms with van der Waals surface area (Å²) in [7, 11) is -0.959. The van der Waals surface area contributed by atoms with E-state index in [0.717, 1.165) is 23.1 Å². The minimum absolute atomic E-state index is 0.312. The first-order valence-corrected chi connectivity index (χ1v) is 12.6. The number of hydrogen-bond donors (Lipinski definition) is 1. The maximum absolute atomic E-state index is 14.1. The molecule has 1 aliphatic heterocycles. The number of benzene rings is 2. The summed E-state index contributed by atoms with van der Waals surface area (Å²) in [6.45, 7) is 6.31. The molecule has 1 fully saturated rings. The van der Waals surface area contributed by atoms with E-state index in [1.54, 1.807) is 33.0 Å². The molecule has 0 bridgehead atoms. The molecule has 10 heteroatoms. The number of amides is 1. The second-order valence-electron chi connectivity index (χ2n) is 8.55. The molecular formula is C24H32FN3O5S. The minimum Gasteiger partial charge on any atom is -0.497 e. The first-order valence-electron chi connectivity index (χ1n) is 11.1. The fraction of sp³-hybridized carbons (Fsp3) is 0.458. The predicted molar refractivity (Wildman–Crippen MR) is 127 cm³/mol. The number of halogens is 1. The second-order valence-corrected chi connectivity index (χ2v) is 10.2. The highest BCUT2D eigenvalue weighted by atomic mass is 32.2. The Morgan fingerprint density at radius 2 is 1.74 bits per heavy atom. The molecule has 1 heterocycles. The standard InChI is InChI=1S/C24H32FN3O5S/c1-17(2)23(26-34(30,31)22-8-6-5-7-20(22)25)24(29)28-13-11-27(12-14-28)16-18-15-19(32-3)9-10-21(18)33-4/h5-10,15,17,23,26H,11-14,16H2,1-4H3/t23-/m0/s1. The van der Waals surface area contributed by atoms with E-state index in [1.807, 2.05) is 18.2 Å². The number of piperazine rings is 1. The smallest absolute Gasteiger partial charge is 0.244 e.